The van der Waals surface area contributed by atoms with Gasteiger partial charge < -0.3 is 0 Å². The number of carbonyl (C=O) groups is 1. The first-order chi connectivity index (χ1) is 6.29. The van der Waals surface area contributed by atoms with Crippen LogP contribution in [0.25, 0.3) is 0 Å². The topological polar surface area (TPSA) is 17.1 Å². The molecule has 0 amide bonds. The first-order valence-electron chi connectivity index (χ1n) is 3.71. The highest BCUT2D eigenvalue weighted by Gasteiger charge is 1.81. The first kappa shape index (κ1) is 9.57. The molecule has 0 aliphatic heterocycles. The van der Waals surface area contributed by atoms with Gasteiger partial charge in [0.2, 0.25) is 5.24 Å². The summed E-state index contributed by atoms with van der Waals surface area (Å²) in [7, 11) is 0. The predicted octanol–water partition coefficient (Wildman–Crippen LogP) is 2.36. The largest absolute Gasteiger partial charge is 0.276 e. The molecule has 0 spiro atoms. The molecule has 0 aromatic heterocycles. The molecule has 64 valence electrons. The lowest BCUT2D eigenvalue weighted by Crippen LogP contribution is -1.73. The van der Waals surface area contributed by atoms with Crippen molar-refractivity contribution in [2.24, 2.45) is 0 Å². The Bertz CT molecular complexity index is 368. The smallest absolute Gasteiger partial charge is 0.245 e. The normalized spacial score (nSPS) is 9.31. The van der Waals surface area contributed by atoms with E-state index in [0.717, 1.165) is 5.56 Å². The van der Waals surface area contributed by atoms with Crippen molar-refractivity contribution in [3.05, 3.63) is 48.0 Å². The summed E-state index contributed by atoms with van der Waals surface area (Å²) in [6, 6.07) is 9.51. The second-order valence-corrected chi connectivity index (χ2v) is 2.65. The number of rotatable bonds is 1. The summed E-state index contributed by atoms with van der Waals surface area (Å²) in [6.45, 7) is 0. The average Bonchev–Trinajstić information content (AvgIpc) is 2.14. The van der Waals surface area contributed by atoms with Crippen LogP contribution < -0.4 is 0 Å². The fraction of sp³-hybridized carbons (Fsp3) is 0. The Morgan fingerprint density at radius 2 is 2.00 bits per heavy atom. The van der Waals surface area contributed by atoms with E-state index >= 15 is 0 Å². The van der Waals surface area contributed by atoms with Crippen LogP contribution in [0.3, 0.4) is 0 Å². The van der Waals surface area contributed by atoms with E-state index in [0.29, 0.717) is 0 Å². The molecule has 0 N–H and O–H groups in total. The fourth-order valence-electron chi connectivity index (χ4n) is 0.754. The minimum Gasteiger partial charge on any atom is -0.276 e. The van der Waals surface area contributed by atoms with E-state index in [1.807, 2.05) is 30.3 Å². The lowest BCUT2D eigenvalue weighted by molar-refractivity contribution is -0.107. The van der Waals surface area contributed by atoms with Gasteiger partial charge in [0.15, 0.2) is 0 Å². The maximum Gasteiger partial charge on any atom is 0.245 e. The second kappa shape index (κ2) is 5.18. The molecule has 0 heterocycles. The Morgan fingerprint density at radius 3 is 2.62 bits per heavy atom. The fourth-order valence-corrected chi connectivity index (χ4v) is 0.817. The molecular formula is C11H7ClO. The quantitative estimate of drug-likeness (QED) is 0.378. The first-order valence-corrected chi connectivity index (χ1v) is 4.09. The molecule has 0 saturated heterocycles. The van der Waals surface area contributed by atoms with Gasteiger partial charge in [-0.25, -0.2) is 0 Å². The van der Waals surface area contributed by atoms with E-state index in [2.05, 4.69) is 11.8 Å². The number of hydrogen-bond acceptors (Lipinski definition) is 1. The van der Waals surface area contributed by atoms with Gasteiger partial charge in [0.25, 0.3) is 0 Å². The minimum atomic E-state index is -0.512. The third-order valence-electron chi connectivity index (χ3n) is 1.29. The Balaban J connectivity index is 2.64. The van der Waals surface area contributed by atoms with Crippen molar-refractivity contribution in [2.75, 3.05) is 0 Å². The van der Waals surface area contributed by atoms with Crippen molar-refractivity contribution in [2.45, 2.75) is 0 Å². The average molecular weight is 191 g/mol. The Labute approximate surface area is 82.0 Å². The molecule has 1 rings (SSSR count). The highest BCUT2D eigenvalue weighted by molar-refractivity contribution is 6.66. The molecular weight excluding hydrogens is 184 g/mol. The van der Waals surface area contributed by atoms with Crippen LogP contribution in [0, 0.1) is 11.8 Å². The van der Waals surface area contributed by atoms with E-state index in [4.69, 9.17) is 11.6 Å². The van der Waals surface area contributed by atoms with Gasteiger partial charge in [0, 0.05) is 11.6 Å². The molecule has 1 aromatic carbocycles. The molecule has 0 aliphatic rings. The summed E-state index contributed by atoms with van der Waals surface area (Å²) in [5.41, 5.74) is 0.911. The van der Waals surface area contributed by atoms with Gasteiger partial charge >= 0.3 is 0 Å². The summed E-state index contributed by atoms with van der Waals surface area (Å²) in [5, 5.41) is -0.512. The van der Waals surface area contributed by atoms with E-state index in [-0.39, 0.29) is 0 Å². The number of halogens is 1. The molecule has 13 heavy (non-hydrogen) atoms. The molecule has 1 nitrogen and oxygen atoms in total. The number of carbonyl (C=O) groups excluding carboxylic acids is 1. The zero-order valence-electron chi connectivity index (χ0n) is 6.83. The Morgan fingerprint density at radius 1 is 1.31 bits per heavy atom. The van der Waals surface area contributed by atoms with Crippen LogP contribution >= 0.6 is 11.6 Å². The third-order valence-corrected chi connectivity index (χ3v) is 1.41. The van der Waals surface area contributed by atoms with Crippen LogP contribution in [0.15, 0.2) is 42.5 Å². The zero-order valence-corrected chi connectivity index (χ0v) is 7.58. The lowest BCUT2D eigenvalue weighted by atomic mass is 10.2. The van der Waals surface area contributed by atoms with E-state index in [1.54, 1.807) is 0 Å². The highest BCUT2D eigenvalue weighted by Crippen LogP contribution is 1.94. The van der Waals surface area contributed by atoms with Gasteiger partial charge in [-0.2, -0.15) is 0 Å². The van der Waals surface area contributed by atoms with E-state index < -0.39 is 5.24 Å². The Kier molecular flexibility index (Phi) is 3.81. The van der Waals surface area contributed by atoms with Crippen LogP contribution in [0.5, 0.6) is 0 Å². The third kappa shape index (κ3) is 4.15. The van der Waals surface area contributed by atoms with Crippen molar-refractivity contribution in [1.29, 1.82) is 0 Å². The monoisotopic (exact) mass is 190 g/mol. The summed E-state index contributed by atoms with van der Waals surface area (Å²) in [6.07, 6.45) is 2.65. The molecule has 1 aromatic rings. The van der Waals surface area contributed by atoms with E-state index in [1.165, 1.54) is 12.2 Å². The standard InChI is InChI=1S/C11H7ClO/c12-11(13)9-5-4-8-10-6-2-1-3-7-10/h1-3,5-7,9H/b9-5+. The van der Waals surface area contributed by atoms with Gasteiger partial charge in [0.05, 0.1) is 0 Å². The molecule has 0 radical (unpaired) electrons. The minimum absolute atomic E-state index is 0.512. The summed E-state index contributed by atoms with van der Waals surface area (Å²) in [4.78, 5) is 10.3. The van der Waals surface area contributed by atoms with Crippen LogP contribution in [-0.4, -0.2) is 5.24 Å². The maximum atomic E-state index is 10.3. The van der Waals surface area contributed by atoms with Gasteiger partial charge in [-0.1, -0.05) is 30.0 Å². The number of hydrogen-bond donors (Lipinski definition) is 0. The van der Waals surface area contributed by atoms with Gasteiger partial charge in [-0.15, -0.1) is 0 Å². The molecule has 0 unspecified atom stereocenters. The molecule has 2 heteroatoms. The molecule has 0 saturated carbocycles. The number of allylic oxidation sites excluding steroid dienone is 2. The van der Waals surface area contributed by atoms with E-state index in [9.17, 15) is 4.79 Å². The van der Waals surface area contributed by atoms with Crippen molar-refractivity contribution < 1.29 is 4.79 Å². The van der Waals surface area contributed by atoms with Crippen LogP contribution in [0.1, 0.15) is 5.56 Å². The molecule has 0 fully saturated rings. The van der Waals surface area contributed by atoms with Crippen molar-refractivity contribution in [3.63, 3.8) is 0 Å². The van der Waals surface area contributed by atoms with Crippen LogP contribution in [0.2, 0.25) is 0 Å². The van der Waals surface area contributed by atoms with Crippen LogP contribution in [0.4, 0.5) is 0 Å². The lowest BCUT2D eigenvalue weighted by Gasteiger charge is -1.84. The van der Waals surface area contributed by atoms with Gasteiger partial charge in [-0.3, -0.25) is 4.79 Å². The van der Waals surface area contributed by atoms with Crippen molar-refractivity contribution in [3.8, 4) is 11.8 Å². The van der Waals surface area contributed by atoms with Gasteiger partial charge in [0.1, 0.15) is 0 Å². The van der Waals surface area contributed by atoms with Crippen molar-refractivity contribution in [1.82, 2.24) is 0 Å². The Hall–Kier alpha value is -1.52. The highest BCUT2D eigenvalue weighted by atomic mass is 35.5. The summed E-state index contributed by atoms with van der Waals surface area (Å²) < 4.78 is 0. The summed E-state index contributed by atoms with van der Waals surface area (Å²) in [5.74, 6) is 5.55. The molecule has 0 bridgehead atoms. The van der Waals surface area contributed by atoms with Crippen molar-refractivity contribution >= 4 is 16.8 Å². The zero-order chi connectivity index (χ0) is 9.52. The SMILES string of the molecule is O=C(Cl)/C=C/C#Cc1ccccc1. The summed E-state index contributed by atoms with van der Waals surface area (Å²) >= 11 is 5.07. The number of benzene rings is 1. The van der Waals surface area contributed by atoms with Crippen LogP contribution in [-0.2, 0) is 4.79 Å². The molecule has 0 atom stereocenters. The predicted molar refractivity (Wildman–Crippen MR) is 53.3 cm³/mol. The van der Waals surface area contributed by atoms with Gasteiger partial charge in [-0.05, 0) is 29.8 Å². The second-order valence-electron chi connectivity index (χ2n) is 2.27. The maximum absolute atomic E-state index is 10.3. The molecule has 0 aliphatic carbocycles.